The Bertz CT molecular complexity index is 1710. The molecule has 2 aromatic carbocycles. The predicted octanol–water partition coefficient (Wildman–Crippen LogP) is 5.86. The van der Waals surface area contributed by atoms with Crippen LogP contribution in [0.5, 0.6) is 0 Å². The van der Waals surface area contributed by atoms with Gasteiger partial charge in [0.15, 0.2) is 5.82 Å². The number of carbonyl (C=O) groups is 1. The van der Waals surface area contributed by atoms with Crippen molar-refractivity contribution in [1.82, 2.24) is 23.9 Å². The molecular weight excluding hydrogens is 745 g/mol. The van der Waals surface area contributed by atoms with Gasteiger partial charge in [-0.3, -0.25) is 9.69 Å². The van der Waals surface area contributed by atoms with Crippen molar-refractivity contribution in [2.24, 2.45) is 18.7 Å². The van der Waals surface area contributed by atoms with Crippen LogP contribution in [0.15, 0.2) is 30.3 Å². The number of rotatable bonds is 5. The molecular formula is C31H35FI2N6O. The monoisotopic (exact) mass is 780 g/mol. The molecule has 0 radical (unpaired) electrons. The smallest absolute Gasteiger partial charge is 0.254 e. The van der Waals surface area contributed by atoms with E-state index in [9.17, 15) is 4.79 Å². The number of benzene rings is 2. The summed E-state index contributed by atoms with van der Waals surface area (Å²) in [6, 6.07) is 9.86. The summed E-state index contributed by atoms with van der Waals surface area (Å²) in [6.07, 6.45) is 3.52. The molecule has 0 spiro atoms. The SMILES string of the molecule is CCN1CCc2c(ccc3cc(-c4nc5cc(C(=O)N6C[C@@H](I)[C@](C)(N)[C@H]6I)cc(F)c5n4C)n(CC4CC4)c23)C1. The molecule has 4 heterocycles. The minimum absolute atomic E-state index is 0.116. The molecule has 1 aliphatic carbocycles. The number of alkyl halides is 2. The van der Waals surface area contributed by atoms with Gasteiger partial charge in [0.2, 0.25) is 0 Å². The number of amides is 1. The van der Waals surface area contributed by atoms with Gasteiger partial charge in [-0.25, -0.2) is 9.37 Å². The Morgan fingerprint density at radius 1 is 1.20 bits per heavy atom. The number of aromatic nitrogens is 3. The third-order valence-corrected chi connectivity index (χ3v) is 13.1. The van der Waals surface area contributed by atoms with E-state index in [0.29, 0.717) is 29.1 Å². The Balaban J connectivity index is 1.34. The van der Waals surface area contributed by atoms with Gasteiger partial charge >= 0.3 is 0 Å². The average molecular weight is 780 g/mol. The summed E-state index contributed by atoms with van der Waals surface area (Å²) in [4.78, 5) is 22.8. The van der Waals surface area contributed by atoms with E-state index in [4.69, 9.17) is 10.7 Å². The molecule has 7 nitrogen and oxygen atoms in total. The fourth-order valence-corrected chi connectivity index (χ4v) is 9.01. The number of hydrogen-bond donors (Lipinski definition) is 1. The van der Waals surface area contributed by atoms with Crippen molar-refractivity contribution < 1.29 is 9.18 Å². The molecule has 2 aliphatic heterocycles. The van der Waals surface area contributed by atoms with Gasteiger partial charge in [0.25, 0.3) is 5.91 Å². The zero-order valence-electron chi connectivity index (χ0n) is 23.6. The Morgan fingerprint density at radius 3 is 2.66 bits per heavy atom. The highest BCUT2D eigenvalue weighted by molar-refractivity contribution is 14.1. The van der Waals surface area contributed by atoms with Crippen molar-refractivity contribution in [3.63, 3.8) is 0 Å². The number of imidazole rings is 1. The lowest BCUT2D eigenvalue weighted by atomic mass is 9.97. The Kier molecular flexibility index (Phi) is 6.94. The fourth-order valence-electron chi connectivity index (χ4n) is 6.65. The number of likely N-dealkylation sites (N-methyl/N-ethyl adjacent to an activating group) is 1. The van der Waals surface area contributed by atoms with E-state index in [1.54, 1.807) is 11.0 Å². The molecule has 4 aromatic rings. The van der Waals surface area contributed by atoms with Gasteiger partial charge in [0.05, 0.1) is 22.3 Å². The number of fused-ring (bicyclic) bond motifs is 4. The summed E-state index contributed by atoms with van der Waals surface area (Å²) in [5.41, 5.74) is 12.4. The van der Waals surface area contributed by atoms with Gasteiger partial charge in [-0.15, -0.1) is 0 Å². The van der Waals surface area contributed by atoms with Gasteiger partial charge in [-0.05, 0) is 68.0 Å². The third-order valence-electron chi connectivity index (χ3n) is 9.40. The van der Waals surface area contributed by atoms with E-state index < -0.39 is 11.4 Å². The van der Waals surface area contributed by atoms with E-state index in [-0.39, 0.29) is 13.9 Å². The van der Waals surface area contributed by atoms with Gasteiger partial charge in [-0.1, -0.05) is 64.2 Å². The lowest BCUT2D eigenvalue weighted by molar-refractivity contribution is 0.0776. The van der Waals surface area contributed by atoms with E-state index in [0.717, 1.165) is 44.1 Å². The van der Waals surface area contributed by atoms with E-state index in [1.807, 2.05) is 18.5 Å². The first-order chi connectivity index (χ1) is 19.6. The minimum Gasteiger partial charge on any atom is -0.337 e. The normalized spacial score (nSPS) is 25.0. The number of aryl methyl sites for hydroxylation is 1. The van der Waals surface area contributed by atoms with Crippen LogP contribution in [0.1, 0.15) is 48.2 Å². The van der Waals surface area contributed by atoms with Crippen LogP contribution >= 0.6 is 45.2 Å². The van der Waals surface area contributed by atoms with Gasteiger partial charge < -0.3 is 19.8 Å². The Hall–Kier alpha value is -1.77. The lowest BCUT2D eigenvalue weighted by Crippen LogP contribution is -2.50. The minimum atomic E-state index is -0.513. The highest BCUT2D eigenvalue weighted by Crippen LogP contribution is 2.40. The topological polar surface area (TPSA) is 72.3 Å². The zero-order chi connectivity index (χ0) is 28.8. The summed E-state index contributed by atoms with van der Waals surface area (Å²) in [5.74, 6) is 0.765. The van der Waals surface area contributed by atoms with Crippen LogP contribution in [0.2, 0.25) is 0 Å². The molecule has 1 saturated heterocycles. The summed E-state index contributed by atoms with van der Waals surface area (Å²) < 4.78 is 20.0. The van der Waals surface area contributed by atoms with Crippen LogP contribution in [0.3, 0.4) is 0 Å². The second-order valence-electron chi connectivity index (χ2n) is 12.3. The van der Waals surface area contributed by atoms with E-state index in [2.05, 4.69) is 79.8 Å². The largest absolute Gasteiger partial charge is 0.337 e. The molecule has 7 rings (SSSR count). The van der Waals surface area contributed by atoms with Crippen LogP contribution in [0.25, 0.3) is 33.5 Å². The number of hydrogen-bond acceptors (Lipinski definition) is 4. The van der Waals surface area contributed by atoms with Gasteiger partial charge in [-0.2, -0.15) is 0 Å². The molecule has 2 fully saturated rings. The standard InChI is InChI=1S/C31H35FI2N6O/c1-4-38-10-9-21-19(15-38)8-7-18-13-24(39(26(18)21)14-17-5-6-17)28-36-23-12-20(11-22(32)27(23)37(28)3)29(41)40-16-25(33)31(2,35)30(40)34/h7-8,11-13,17,25,30H,4-6,9-10,14-16,35H2,1-3H3/t25-,30+,31+/m1/s1. The predicted molar refractivity (Wildman–Crippen MR) is 178 cm³/mol. The maximum Gasteiger partial charge on any atom is 0.254 e. The van der Waals surface area contributed by atoms with Crippen LogP contribution in [0.4, 0.5) is 4.39 Å². The second kappa shape index (κ2) is 10.2. The fraction of sp³-hybridized carbons (Fsp3) is 0.484. The quantitative estimate of drug-likeness (QED) is 0.157. The molecule has 41 heavy (non-hydrogen) atoms. The number of halogens is 3. The second-order valence-corrected chi connectivity index (χ2v) is 15.0. The molecule has 3 aliphatic rings. The Morgan fingerprint density at radius 2 is 1.98 bits per heavy atom. The maximum atomic E-state index is 15.8. The van der Waals surface area contributed by atoms with Crippen molar-refractivity contribution in [3.8, 4) is 11.5 Å². The van der Waals surface area contributed by atoms with Crippen LogP contribution in [0, 0.1) is 11.7 Å². The molecule has 2 N–H and O–H groups in total. The average Bonchev–Trinajstić information content (AvgIpc) is 3.56. The number of carbonyl (C=O) groups excluding carboxylic acids is 1. The van der Waals surface area contributed by atoms with E-state index >= 15 is 4.39 Å². The molecule has 1 amide bonds. The number of nitrogens with zero attached hydrogens (tertiary/aromatic N) is 5. The summed E-state index contributed by atoms with van der Waals surface area (Å²) >= 11 is 4.55. The van der Waals surface area contributed by atoms with Crippen molar-refractivity contribution in [1.29, 1.82) is 0 Å². The molecule has 3 atom stereocenters. The molecule has 0 bridgehead atoms. The summed E-state index contributed by atoms with van der Waals surface area (Å²) in [7, 11) is 1.88. The molecule has 2 aromatic heterocycles. The van der Waals surface area contributed by atoms with Crippen LogP contribution < -0.4 is 5.73 Å². The molecule has 1 saturated carbocycles. The van der Waals surface area contributed by atoms with E-state index in [1.165, 1.54) is 40.9 Å². The van der Waals surface area contributed by atoms with Gasteiger partial charge in [0, 0.05) is 48.1 Å². The first kappa shape index (κ1) is 28.0. The first-order valence-corrected chi connectivity index (χ1v) is 17.0. The van der Waals surface area contributed by atoms with Gasteiger partial charge in [0.1, 0.15) is 15.4 Å². The number of nitrogens with two attached hydrogens (primary N) is 1. The van der Waals surface area contributed by atoms with Crippen LogP contribution in [-0.2, 0) is 26.6 Å². The first-order valence-electron chi connectivity index (χ1n) is 14.5. The maximum absolute atomic E-state index is 15.8. The lowest BCUT2D eigenvalue weighted by Gasteiger charge is -2.28. The highest BCUT2D eigenvalue weighted by Gasteiger charge is 2.48. The highest BCUT2D eigenvalue weighted by atomic mass is 127. The summed E-state index contributed by atoms with van der Waals surface area (Å²) in [5, 5.41) is 1.22. The van der Waals surface area contributed by atoms with Crippen molar-refractivity contribution >= 4 is 73.0 Å². The Labute approximate surface area is 266 Å². The molecule has 10 heteroatoms. The van der Waals surface area contributed by atoms with Crippen molar-refractivity contribution in [3.05, 3.63) is 52.8 Å². The summed E-state index contributed by atoms with van der Waals surface area (Å²) in [6.45, 7) is 8.79. The number of likely N-dealkylation sites (tertiary alicyclic amines) is 1. The van der Waals surface area contributed by atoms with Crippen molar-refractivity contribution in [2.45, 2.75) is 59.7 Å². The zero-order valence-corrected chi connectivity index (χ0v) is 27.9. The molecule has 0 unspecified atom stereocenters. The van der Waals surface area contributed by atoms with Crippen LogP contribution in [-0.4, -0.2) is 63.0 Å². The van der Waals surface area contributed by atoms with Crippen molar-refractivity contribution in [2.75, 3.05) is 19.6 Å². The third kappa shape index (κ3) is 4.53. The molecule has 216 valence electrons.